The second kappa shape index (κ2) is 5.91. The molecule has 1 aliphatic rings. The van der Waals surface area contributed by atoms with E-state index in [1.54, 1.807) is 4.90 Å². The predicted molar refractivity (Wildman–Crippen MR) is 69.7 cm³/mol. The fraction of sp³-hybridized carbons (Fsp3) is 0.571. The molecule has 0 aliphatic carbocycles. The lowest BCUT2D eigenvalue weighted by Crippen LogP contribution is -2.33. The number of alkyl halides is 3. The maximum absolute atomic E-state index is 12.6. The SMILES string of the molecule is CC(C)C(=O)N1CCC(Oc2cc(C(F)(F)F)ccn2)C1. The van der Waals surface area contributed by atoms with E-state index in [0.29, 0.717) is 19.5 Å². The van der Waals surface area contributed by atoms with Gasteiger partial charge in [-0.05, 0) is 6.07 Å². The number of rotatable bonds is 3. The Kier molecular flexibility index (Phi) is 4.39. The van der Waals surface area contributed by atoms with Gasteiger partial charge in [0, 0.05) is 31.1 Å². The molecule has 0 spiro atoms. The fourth-order valence-corrected chi connectivity index (χ4v) is 2.21. The molecule has 1 unspecified atom stereocenters. The molecule has 1 fully saturated rings. The van der Waals surface area contributed by atoms with Crippen LogP contribution in [0.3, 0.4) is 0 Å². The molecule has 7 heteroatoms. The minimum absolute atomic E-state index is 0.0260. The van der Waals surface area contributed by atoms with E-state index in [2.05, 4.69) is 4.98 Å². The Labute approximate surface area is 120 Å². The Morgan fingerprint density at radius 2 is 2.19 bits per heavy atom. The molecule has 1 aromatic heterocycles. The van der Waals surface area contributed by atoms with Crippen molar-refractivity contribution in [1.29, 1.82) is 0 Å². The van der Waals surface area contributed by atoms with Crippen molar-refractivity contribution >= 4 is 5.91 Å². The molecule has 1 aliphatic heterocycles. The molecule has 21 heavy (non-hydrogen) atoms. The van der Waals surface area contributed by atoms with Gasteiger partial charge >= 0.3 is 6.18 Å². The highest BCUT2D eigenvalue weighted by molar-refractivity contribution is 5.78. The van der Waals surface area contributed by atoms with Crippen LogP contribution in [0.2, 0.25) is 0 Å². The number of aromatic nitrogens is 1. The van der Waals surface area contributed by atoms with Crippen molar-refractivity contribution < 1.29 is 22.7 Å². The van der Waals surface area contributed by atoms with Gasteiger partial charge in [-0.25, -0.2) is 4.98 Å². The number of amides is 1. The molecule has 1 atom stereocenters. The molecule has 0 radical (unpaired) electrons. The van der Waals surface area contributed by atoms with Gasteiger partial charge in [-0.3, -0.25) is 4.79 Å². The van der Waals surface area contributed by atoms with Gasteiger partial charge in [0.15, 0.2) is 0 Å². The zero-order chi connectivity index (χ0) is 15.6. The first-order chi connectivity index (χ1) is 9.77. The summed E-state index contributed by atoms with van der Waals surface area (Å²) in [7, 11) is 0. The van der Waals surface area contributed by atoms with Crippen LogP contribution < -0.4 is 4.74 Å². The summed E-state index contributed by atoms with van der Waals surface area (Å²) in [4.78, 5) is 17.3. The molecule has 1 saturated heterocycles. The molecule has 0 aromatic carbocycles. The van der Waals surface area contributed by atoms with Gasteiger partial charge in [0.05, 0.1) is 12.1 Å². The average molecular weight is 302 g/mol. The predicted octanol–water partition coefficient (Wildman–Crippen LogP) is 2.74. The van der Waals surface area contributed by atoms with E-state index >= 15 is 0 Å². The Balaban J connectivity index is 1.99. The highest BCUT2D eigenvalue weighted by Crippen LogP contribution is 2.31. The zero-order valence-electron chi connectivity index (χ0n) is 11.9. The summed E-state index contributed by atoms with van der Waals surface area (Å²) in [5.74, 6) is -0.137. The van der Waals surface area contributed by atoms with Crippen molar-refractivity contribution in [3.63, 3.8) is 0 Å². The third-order valence-electron chi connectivity index (χ3n) is 3.30. The molecule has 2 heterocycles. The van der Waals surface area contributed by atoms with Crippen LogP contribution in [0.1, 0.15) is 25.8 Å². The van der Waals surface area contributed by atoms with Crippen LogP contribution >= 0.6 is 0 Å². The molecule has 1 amide bonds. The first-order valence-corrected chi connectivity index (χ1v) is 6.76. The zero-order valence-corrected chi connectivity index (χ0v) is 11.9. The first-order valence-electron chi connectivity index (χ1n) is 6.76. The van der Waals surface area contributed by atoms with E-state index < -0.39 is 11.7 Å². The van der Waals surface area contributed by atoms with E-state index in [4.69, 9.17) is 4.74 Å². The van der Waals surface area contributed by atoms with Crippen LogP contribution in [-0.4, -0.2) is 35.0 Å². The smallest absolute Gasteiger partial charge is 0.416 e. The second-order valence-corrected chi connectivity index (χ2v) is 5.35. The van der Waals surface area contributed by atoms with Crippen molar-refractivity contribution in [3.05, 3.63) is 23.9 Å². The number of hydrogen-bond acceptors (Lipinski definition) is 3. The Morgan fingerprint density at radius 3 is 2.81 bits per heavy atom. The van der Waals surface area contributed by atoms with E-state index in [0.717, 1.165) is 18.3 Å². The third-order valence-corrected chi connectivity index (χ3v) is 3.30. The molecular weight excluding hydrogens is 285 g/mol. The highest BCUT2D eigenvalue weighted by atomic mass is 19.4. The van der Waals surface area contributed by atoms with Crippen LogP contribution in [0.5, 0.6) is 5.88 Å². The van der Waals surface area contributed by atoms with Crippen molar-refractivity contribution in [2.24, 2.45) is 5.92 Å². The monoisotopic (exact) mass is 302 g/mol. The van der Waals surface area contributed by atoms with E-state index in [9.17, 15) is 18.0 Å². The molecule has 4 nitrogen and oxygen atoms in total. The molecule has 0 saturated carbocycles. The molecule has 0 bridgehead atoms. The molecule has 2 rings (SSSR count). The number of halogens is 3. The van der Waals surface area contributed by atoms with Gasteiger partial charge in [-0.2, -0.15) is 13.2 Å². The lowest BCUT2D eigenvalue weighted by molar-refractivity contribution is -0.137. The molecule has 1 aromatic rings. The summed E-state index contributed by atoms with van der Waals surface area (Å²) in [5.41, 5.74) is -0.791. The summed E-state index contributed by atoms with van der Waals surface area (Å²) >= 11 is 0. The number of likely N-dealkylation sites (tertiary alicyclic amines) is 1. The maximum Gasteiger partial charge on any atom is 0.416 e. The van der Waals surface area contributed by atoms with E-state index in [1.807, 2.05) is 13.8 Å². The number of hydrogen-bond donors (Lipinski definition) is 0. The normalized spacial score (nSPS) is 19.1. The summed E-state index contributed by atoms with van der Waals surface area (Å²) in [6.07, 6.45) is -3.07. The van der Waals surface area contributed by atoms with Crippen LogP contribution in [0.4, 0.5) is 13.2 Å². The van der Waals surface area contributed by atoms with Crippen molar-refractivity contribution in [1.82, 2.24) is 9.88 Å². The first kappa shape index (κ1) is 15.6. The van der Waals surface area contributed by atoms with Crippen LogP contribution in [-0.2, 0) is 11.0 Å². The Hall–Kier alpha value is -1.79. The molecule has 116 valence electrons. The topological polar surface area (TPSA) is 42.4 Å². The van der Waals surface area contributed by atoms with Gasteiger partial charge in [-0.15, -0.1) is 0 Å². The summed E-state index contributed by atoms with van der Waals surface area (Å²) in [5, 5.41) is 0. The van der Waals surface area contributed by atoms with Gasteiger partial charge in [-0.1, -0.05) is 13.8 Å². The third kappa shape index (κ3) is 3.86. The summed E-state index contributed by atoms with van der Waals surface area (Å²) in [6, 6.07) is 1.78. The number of pyridine rings is 1. The lowest BCUT2D eigenvalue weighted by atomic mass is 10.2. The van der Waals surface area contributed by atoms with Crippen LogP contribution in [0.25, 0.3) is 0 Å². The average Bonchev–Trinajstić information content (AvgIpc) is 2.85. The maximum atomic E-state index is 12.6. The van der Waals surface area contributed by atoms with E-state index in [-0.39, 0.29) is 23.8 Å². The van der Waals surface area contributed by atoms with Crippen molar-refractivity contribution in [3.8, 4) is 5.88 Å². The molecular formula is C14H17F3N2O2. The van der Waals surface area contributed by atoms with Gasteiger partial charge in [0.1, 0.15) is 6.10 Å². The van der Waals surface area contributed by atoms with Gasteiger partial charge in [0.2, 0.25) is 11.8 Å². The minimum atomic E-state index is -4.42. The quantitative estimate of drug-likeness (QED) is 0.862. The number of nitrogens with zero attached hydrogens (tertiary/aromatic N) is 2. The van der Waals surface area contributed by atoms with E-state index in [1.165, 1.54) is 0 Å². The Bertz CT molecular complexity index is 517. The highest BCUT2D eigenvalue weighted by Gasteiger charge is 2.32. The van der Waals surface area contributed by atoms with Crippen LogP contribution in [0, 0.1) is 5.92 Å². The number of carbonyl (C=O) groups is 1. The number of ether oxygens (including phenoxy) is 1. The number of carbonyl (C=O) groups excluding carboxylic acids is 1. The van der Waals surface area contributed by atoms with Crippen molar-refractivity contribution in [2.45, 2.75) is 32.5 Å². The van der Waals surface area contributed by atoms with Gasteiger partial charge in [0.25, 0.3) is 0 Å². The fourth-order valence-electron chi connectivity index (χ4n) is 2.21. The van der Waals surface area contributed by atoms with Crippen LogP contribution in [0.15, 0.2) is 18.3 Å². The second-order valence-electron chi connectivity index (χ2n) is 5.35. The summed E-state index contributed by atoms with van der Waals surface area (Å²) in [6.45, 7) is 4.56. The largest absolute Gasteiger partial charge is 0.472 e. The lowest BCUT2D eigenvalue weighted by Gasteiger charge is -2.19. The molecule has 0 N–H and O–H groups in total. The standard InChI is InChI=1S/C14H17F3N2O2/c1-9(2)13(20)19-6-4-11(8-19)21-12-7-10(3-5-18-12)14(15,16)17/h3,5,7,9,11H,4,6,8H2,1-2H3. The minimum Gasteiger partial charge on any atom is -0.472 e. The Morgan fingerprint density at radius 1 is 1.48 bits per heavy atom. The summed E-state index contributed by atoms with van der Waals surface area (Å²) < 4.78 is 43.3. The van der Waals surface area contributed by atoms with Crippen molar-refractivity contribution in [2.75, 3.05) is 13.1 Å². The van der Waals surface area contributed by atoms with Gasteiger partial charge < -0.3 is 9.64 Å².